The molecule has 1 nitrogen and oxygen atoms in total. The van der Waals surface area contributed by atoms with Crippen LogP contribution in [-0.4, -0.2) is 30.1 Å². The summed E-state index contributed by atoms with van der Waals surface area (Å²) < 4.78 is 6.11. The summed E-state index contributed by atoms with van der Waals surface area (Å²) in [5.74, 6) is 1.96. The second kappa shape index (κ2) is 12.2. The zero-order valence-corrected chi connectivity index (χ0v) is 19.4. The second-order valence-corrected chi connectivity index (χ2v) is 22.3. The molecule has 138 valence electrons. The molecule has 1 aliphatic carbocycles. The van der Waals surface area contributed by atoms with E-state index in [4.69, 9.17) is 0 Å². The van der Waals surface area contributed by atoms with E-state index in [-0.39, 0.29) is 0 Å². The van der Waals surface area contributed by atoms with Gasteiger partial charge in [-0.1, -0.05) is 0 Å². The number of hydrogen-bond acceptors (Lipinski definition) is 1. The Balaban J connectivity index is 2.98. The Morgan fingerprint density at radius 1 is 0.826 bits per heavy atom. The van der Waals surface area contributed by atoms with Crippen molar-refractivity contribution in [2.24, 2.45) is 11.8 Å². The van der Waals surface area contributed by atoms with Gasteiger partial charge in [0.1, 0.15) is 0 Å². The number of unbranched alkanes of at least 4 members (excludes halogenated alkanes) is 3. The first kappa shape index (κ1) is 21.8. The average molecular weight is 431 g/mol. The zero-order valence-electron chi connectivity index (χ0n) is 16.6. The summed E-state index contributed by atoms with van der Waals surface area (Å²) in [6.45, 7) is 10.1. The van der Waals surface area contributed by atoms with Gasteiger partial charge in [0.15, 0.2) is 0 Å². The van der Waals surface area contributed by atoms with E-state index in [2.05, 4.69) is 27.7 Å². The predicted octanol–water partition coefficient (Wildman–Crippen LogP) is 7.02. The molecule has 1 rings (SSSR count). The molecule has 0 radical (unpaired) electrons. The summed E-state index contributed by atoms with van der Waals surface area (Å²) in [6, 6.07) is 0. The predicted molar refractivity (Wildman–Crippen MR) is 107 cm³/mol. The Morgan fingerprint density at radius 2 is 1.35 bits per heavy atom. The van der Waals surface area contributed by atoms with Crippen LogP contribution < -0.4 is 0 Å². The van der Waals surface area contributed by atoms with Crippen molar-refractivity contribution in [2.75, 3.05) is 6.61 Å². The van der Waals surface area contributed by atoms with E-state index in [0.717, 1.165) is 22.2 Å². The second-order valence-electron chi connectivity index (χ2n) is 8.38. The Morgan fingerprint density at radius 3 is 1.78 bits per heavy atom. The fourth-order valence-corrected chi connectivity index (χ4v) is 27.3. The Kier molecular flexibility index (Phi) is 11.5. The third-order valence-corrected chi connectivity index (χ3v) is 25.2. The van der Waals surface area contributed by atoms with Gasteiger partial charge >= 0.3 is 151 Å². The van der Waals surface area contributed by atoms with E-state index in [9.17, 15) is 5.11 Å². The molecule has 3 unspecified atom stereocenters. The minimum absolute atomic E-state index is 0.402. The zero-order chi connectivity index (χ0) is 17.1. The topological polar surface area (TPSA) is 20.2 Å². The van der Waals surface area contributed by atoms with E-state index in [1.165, 1.54) is 57.8 Å². The third-order valence-electron chi connectivity index (χ3n) is 6.64. The fraction of sp³-hybridized carbons (Fsp3) is 1.00. The van der Waals surface area contributed by atoms with Gasteiger partial charge in [0, 0.05) is 0 Å². The van der Waals surface area contributed by atoms with E-state index >= 15 is 0 Å². The molecular weight excluding hydrogens is 387 g/mol. The van der Waals surface area contributed by atoms with Crippen molar-refractivity contribution in [1.29, 1.82) is 0 Å². The Labute approximate surface area is 150 Å². The van der Waals surface area contributed by atoms with Crippen LogP contribution >= 0.6 is 0 Å². The van der Waals surface area contributed by atoms with Gasteiger partial charge in [0.25, 0.3) is 0 Å². The molecule has 0 aliphatic heterocycles. The number of rotatable bonds is 13. The first-order chi connectivity index (χ1) is 11.1. The van der Waals surface area contributed by atoms with Crippen molar-refractivity contribution in [3.63, 3.8) is 0 Å². The quantitative estimate of drug-likeness (QED) is 0.311. The summed E-state index contributed by atoms with van der Waals surface area (Å²) in [7, 11) is 0. The van der Waals surface area contributed by atoms with Gasteiger partial charge in [-0.05, 0) is 0 Å². The molecule has 1 aliphatic rings. The van der Waals surface area contributed by atoms with Crippen molar-refractivity contribution in [3.8, 4) is 0 Å². The SMILES string of the molecule is CCC[CH2][Sn]([CH2]CCC)([CH2]CCC)[CH]1C(C)CCC1CCCO. The summed E-state index contributed by atoms with van der Waals surface area (Å²) in [4.78, 5) is 0. The van der Waals surface area contributed by atoms with E-state index in [1.807, 2.05) is 0 Å². The van der Waals surface area contributed by atoms with Gasteiger partial charge in [-0.2, -0.15) is 0 Å². The van der Waals surface area contributed by atoms with Crippen molar-refractivity contribution < 1.29 is 5.11 Å². The van der Waals surface area contributed by atoms with Crippen LogP contribution in [0.25, 0.3) is 0 Å². The van der Waals surface area contributed by atoms with Crippen molar-refractivity contribution >= 4 is 18.4 Å². The number of aliphatic hydroxyl groups is 1. The molecule has 1 N–H and O–H groups in total. The first-order valence-electron chi connectivity index (χ1n) is 10.8. The molecule has 2 heteroatoms. The van der Waals surface area contributed by atoms with Crippen molar-refractivity contribution in [3.05, 3.63) is 0 Å². The fourth-order valence-electron chi connectivity index (χ4n) is 5.54. The normalized spacial score (nSPS) is 25.2. The number of hydrogen-bond donors (Lipinski definition) is 1. The van der Waals surface area contributed by atoms with E-state index in [0.29, 0.717) is 6.61 Å². The molecule has 0 bridgehead atoms. The summed E-state index contributed by atoms with van der Waals surface area (Å²) >= 11 is -2.09. The average Bonchev–Trinajstić information content (AvgIpc) is 2.94. The third kappa shape index (κ3) is 6.53. The van der Waals surface area contributed by atoms with Gasteiger partial charge in [0.05, 0.1) is 0 Å². The van der Waals surface area contributed by atoms with Crippen LogP contribution in [0, 0.1) is 11.8 Å². The van der Waals surface area contributed by atoms with Gasteiger partial charge in [-0.15, -0.1) is 0 Å². The van der Waals surface area contributed by atoms with Gasteiger partial charge < -0.3 is 0 Å². The maximum absolute atomic E-state index is 9.32. The molecule has 0 heterocycles. The molecule has 3 atom stereocenters. The van der Waals surface area contributed by atoms with Crippen LogP contribution in [-0.2, 0) is 0 Å². The summed E-state index contributed by atoms with van der Waals surface area (Å²) in [6.07, 6.45) is 14.0. The minimum atomic E-state index is -2.09. The van der Waals surface area contributed by atoms with E-state index in [1.54, 1.807) is 13.3 Å². The van der Waals surface area contributed by atoms with E-state index < -0.39 is 18.4 Å². The number of aliphatic hydroxyl groups excluding tert-OH is 1. The van der Waals surface area contributed by atoms with Crippen LogP contribution in [0.3, 0.4) is 0 Å². The van der Waals surface area contributed by atoms with Crippen molar-refractivity contribution in [1.82, 2.24) is 0 Å². The van der Waals surface area contributed by atoms with Crippen LogP contribution in [0.4, 0.5) is 0 Å². The summed E-state index contributed by atoms with van der Waals surface area (Å²) in [5.41, 5.74) is 0. The molecule has 0 amide bonds. The van der Waals surface area contributed by atoms with Gasteiger partial charge in [-0.3, -0.25) is 0 Å². The van der Waals surface area contributed by atoms with Crippen LogP contribution in [0.1, 0.15) is 91.9 Å². The standard InChI is InChI=1S/C9H17O.3C4H9.Sn/c1-8-4-5-9(7-8)3-2-6-10;3*1-3-4-2;/h7-10H,2-6H2,1H3;3*1,3-4H2,2H3;. The molecule has 0 spiro atoms. The molecule has 1 saturated carbocycles. The molecular formula is C21H44OSn. The van der Waals surface area contributed by atoms with Gasteiger partial charge in [0.2, 0.25) is 0 Å². The molecule has 0 saturated heterocycles. The van der Waals surface area contributed by atoms with Crippen LogP contribution in [0.2, 0.25) is 17.2 Å². The van der Waals surface area contributed by atoms with Gasteiger partial charge in [-0.25, -0.2) is 0 Å². The molecule has 0 aromatic rings. The summed E-state index contributed by atoms with van der Waals surface area (Å²) in [5, 5.41) is 9.32. The molecule has 23 heavy (non-hydrogen) atoms. The monoisotopic (exact) mass is 432 g/mol. The first-order valence-corrected chi connectivity index (χ1v) is 18.5. The molecule has 1 fully saturated rings. The van der Waals surface area contributed by atoms with Crippen LogP contribution in [0.15, 0.2) is 0 Å². The molecule has 0 aromatic heterocycles. The van der Waals surface area contributed by atoms with Crippen molar-refractivity contribution in [2.45, 2.75) is 109 Å². The maximum atomic E-state index is 9.32. The Hall–Kier alpha value is 0.759. The Bertz CT molecular complexity index is 270. The molecule has 0 aromatic carbocycles. The van der Waals surface area contributed by atoms with Crippen LogP contribution in [0.5, 0.6) is 0 Å².